The lowest BCUT2D eigenvalue weighted by Crippen LogP contribution is -2.45. The van der Waals surface area contributed by atoms with Gasteiger partial charge in [-0.1, -0.05) is 0 Å². The number of nitrogens with zero attached hydrogens (tertiary/aromatic N) is 1. The molecule has 1 saturated heterocycles. The fourth-order valence-corrected chi connectivity index (χ4v) is 4.76. The highest BCUT2D eigenvalue weighted by Crippen LogP contribution is 2.29. The summed E-state index contributed by atoms with van der Waals surface area (Å²) in [6, 6.07) is 10.9. The zero-order valence-electron chi connectivity index (χ0n) is 20.1. The molecule has 0 bridgehead atoms. The molecule has 1 fully saturated rings. The Balaban J connectivity index is 0.000000179. The first-order valence-corrected chi connectivity index (χ1v) is 12.0. The van der Waals surface area contributed by atoms with Gasteiger partial charge in [0.15, 0.2) is 0 Å². The maximum Gasteiger partial charge on any atom is 0.255 e. The molecule has 1 aliphatic rings. The monoisotopic (exact) mass is 541 g/mol. The molecule has 0 radical (unpaired) electrons. The quantitative estimate of drug-likeness (QED) is 0.397. The Labute approximate surface area is 211 Å². The number of hydrogen-bond donors (Lipinski definition) is 2. The molecule has 0 spiro atoms. The molecule has 1 aliphatic heterocycles. The normalized spacial score (nSPS) is 17.7. The van der Waals surface area contributed by atoms with E-state index in [0.717, 1.165) is 45.5 Å². The molecular weight excluding hydrogens is 514 g/mol. The minimum absolute atomic E-state index is 0.0780. The smallest absolute Gasteiger partial charge is 0.255 e. The van der Waals surface area contributed by atoms with Crippen LogP contribution in [-0.2, 0) is 4.74 Å². The van der Waals surface area contributed by atoms with Crippen molar-refractivity contribution in [1.29, 1.82) is 0 Å². The van der Waals surface area contributed by atoms with Crippen LogP contribution < -0.4 is 25.5 Å². The Morgan fingerprint density at radius 3 is 1.91 bits per heavy atom. The topological polar surface area (TPSA) is 96.7 Å². The van der Waals surface area contributed by atoms with Gasteiger partial charge in [-0.2, -0.15) is 0 Å². The van der Waals surface area contributed by atoms with Crippen LogP contribution in [0.5, 0.6) is 11.5 Å². The summed E-state index contributed by atoms with van der Waals surface area (Å²) in [5.74, 6) is 1.49. The van der Waals surface area contributed by atoms with Crippen LogP contribution in [0.4, 0.5) is 5.69 Å². The molecule has 2 unspecified atom stereocenters. The molecular formula is C26H28BrN3O5. The number of nitrogens with one attached hydrogen (secondary N) is 2. The number of anilines is 1. The van der Waals surface area contributed by atoms with Gasteiger partial charge < -0.3 is 29.1 Å². The lowest BCUT2D eigenvalue weighted by atomic mass is 10.1. The van der Waals surface area contributed by atoms with Crippen LogP contribution in [0.15, 0.2) is 62.9 Å². The summed E-state index contributed by atoms with van der Waals surface area (Å²) >= 11 is 3.37. The Hall–Kier alpha value is -3.30. The number of ether oxygens (including phenoxy) is 3. The SMILES string of the molecule is COc1ccc2c(=O)[nH]cc(Br)c2c1.COc1ccc2c(=O)[nH]cc(N3CC(C)OC(C)C3)c2c1. The summed E-state index contributed by atoms with van der Waals surface area (Å²) in [5, 5.41) is 3.10. The predicted molar refractivity (Wildman–Crippen MR) is 142 cm³/mol. The Morgan fingerprint density at radius 1 is 0.829 bits per heavy atom. The van der Waals surface area contributed by atoms with Crippen molar-refractivity contribution in [3.8, 4) is 11.5 Å². The van der Waals surface area contributed by atoms with Crippen LogP contribution in [-0.4, -0.2) is 49.5 Å². The third-order valence-electron chi connectivity index (χ3n) is 5.91. The van der Waals surface area contributed by atoms with Crippen molar-refractivity contribution in [2.24, 2.45) is 0 Å². The summed E-state index contributed by atoms with van der Waals surface area (Å²) in [7, 11) is 3.23. The van der Waals surface area contributed by atoms with E-state index >= 15 is 0 Å². The highest BCUT2D eigenvalue weighted by molar-refractivity contribution is 9.10. The standard InChI is InChI=1S/C16H20N2O3.C10H8BrNO2/c1-10-8-18(9-11(2)21-10)15-7-17-16(19)13-5-4-12(20-3)6-14(13)15;1-14-6-2-3-7-8(4-6)9(11)5-12-10(7)13/h4-7,10-11H,8-9H2,1-3H3,(H,17,19);2-5H,1H3,(H,12,13). The Kier molecular flexibility index (Phi) is 7.47. The number of aromatic amines is 2. The number of halogens is 1. The molecule has 5 rings (SSSR count). The molecule has 2 aromatic heterocycles. The van der Waals surface area contributed by atoms with Gasteiger partial charge in [0.25, 0.3) is 11.1 Å². The predicted octanol–water partition coefficient (Wildman–Crippen LogP) is 4.45. The summed E-state index contributed by atoms with van der Waals surface area (Å²) in [4.78, 5) is 31.1. The molecule has 8 nitrogen and oxygen atoms in total. The number of H-pyrrole nitrogens is 2. The average Bonchev–Trinajstić information content (AvgIpc) is 2.86. The van der Waals surface area contributed by atoms with E-state index in [4.69, 9.17) is 14.2 Å². The van der Waals surface area contributed by atoms with Crippen LogP contribution in [0.2, 0.25) is 0 Å². The van der Waals surface area contributed by atoms with E-state index in [1.165, 1.54) is 0 Å². The number of morpholine rings is 1. The number of fused-ring (bicyclic) bond motifs is 2. The van der Waals surface area contributed by atoms with Gasteiger partial charge in [-0.05, 0) is 66.2 Å². The first-order chi connectivity index (χ1) is 16.8. The van der Waals surface area contributed by atoms with E-state index in [0.29, 0.717) is 10.8 Å². The highest BCUT2D eigenvalue weighted by atomic mass is 79.9. The lowest BCUT2D eigenvalue weighted by Gasteiger charge is -2.37. The van der Waals surface area contributed by atoms with E-state index < -0.39 is 0 Å². The average molecular weight is 542 g/mol. The van der Waals surface area contributed by atoms with Gasteiger partial charge in [0.2, 0.25) is 0 Å². The molecule has 0 saturated carbocycles. The van der Waals surface area contributed by atoms with E-state index in [2.05, 4.69) is 44.6 Å². The number of hydrogen-bond acceptors (Lipinski definition) is 6. The first kappa shape index (κ1) is 24.8. The van der Waals surface area contributed by atoms with Crippen LogP contribution in [0, 0.1) is 0 Å². The van der Waals surface area contributed by atoms with Gasteiger partial charge in [-0.25, -0.2) is 0 Å². The third-order valence-corrected chi connectivity index (χ3v) is 6.56. The van der Waals surface area contributed by atoms with E-state index in [1.807, 2.05) is 24.3 Å². The number of aromatic nitrogens is 2. The van der Waals surface area contributed by atoms with Gasteiger partial charge in [0.05, 0.1) is 32.1 Å². The minimum atomic E-state index is -0.0918. The lowest BCUT2D eigenvalue weighted by molar-refractivity contribution is -0.00514. The van der Waals surface area contributed by atoms with E-state index in [1.54, 1.807) is 38.7 Å². The van der Waals surface area contributed by atoms with Crippen molar-refractivity contribution in [1.82, 2.24) is 9.97 Å². The largest absolute Gasteiger partial charge is 0.497 e. The molecule has 0 aliphatic carbocycles. The molecule has 2 aromatic carbocycles. The first-order valence-electron chi connectivity index (χ1n) is 11.3. The molecule has 2 atom stereocenters. The van der Waals surface area contributed by atoms with Crippen LogP contribution in [0.25, 0.3) is 21.5 Å². The summed E-state index contributed by atoms with van der Waals surface area (Å²) in [5.41, 5.74) is 0.849. The van der Waals surface area contributed by atoms with E-state index in [9.17, 15) is 9.59 Å². The zero-order valence-corrected chi connectivity index (χ0v) is 21.6. The van der Waals surface area contributed by atoms with Crippen molar-refractivity contribution in [2.45, 2.75) is 26.1 Å². The second-order valence-electron chi connectivity index (χ2n) is 8.45. The van der Waals surface area contributed by atoms with Gasteiger partial charge >= 0.3 is 0 Å². The summed E-state index contributed by atoms with van der Waals surface area (Å²) < 4.78 is 17.0. The Bertz CT molecular complexity index is 1460. The van der Waals surface area contributed by atoms with Crippen molar-refractivity contribution in [2.75, 3.05) is 32.2 Å². The number of benzene rings is 2. The maximum absolute atomic E-state index is 12.0. The van der Waals surface area contributed by atoms with Crippen molar-refractivity contribution in [3.63, 3.8) is 0 Å². The highest BCUT2D eigenvalue weighted by Gasteiger charge is 2.24. The number of methoxy groups -OCH3 is 2. The van der Waals surface area contributed by atoms with Crippen LogP contribution in [0.1, 0.15) is 13.8 Å². The molecule has 35 heavy (non-hydrogen) atoms. The van der Waals surface area contributed by atoms with Crippen molar-refractivity contribution < 1.29 is 14.2 Å². The van der Waals surface area contributed by atoms with E-state index in [-0.39, 0.29) is 23.3 Å². The summed E-state index contributed by atoms with van der Waals surface area (Å²) in [6.07, 6.45) is 3.75. The number of pyridine rings is 2. The van der Waals surface area contributed by atoms with Gasteiger partial charge in [-0.15, -0.1) is 0 Å². The van der Waals surface area contributed by atoms with Crippen molar-refractivity contribution in [3.05, 3.63) is 74.0 Å². The molecule has 2 N–H and O–H groups in total. The maximum atomic E-state index is 12.0. The fraction of sp³-hybridized carbons (Fsp3) is 0.308. The number of rotatable bonds is 3. The molecule has 184 valence electrons. The summed E-state index contributed by atoms with van der Waals surface area (Å²) in [6.45, 7) is 5.75. The van der Waals surface area contributed by atoms with Crippen LogP contribution >= 0.6 is 15.9 Å². The van der Waals surface area contributed by atoms with Gasteiger partial charge in [-0.3, -0.25) is 9.59 Å². The second kappa shape index (κ2) is 10.5. The Morgan fingerprint density at radius 2 is 1.34 bits per heavy atom. The zero-order chi connectivity index (χ0) is 25.1. The van der Waals surface area contributed by atoms with Gasteiger partial charge in [0, 0.05) is 51.5 Å². The molecule has 3 heterocycles. The van der Waals surface area contributed by atoms with Crippen LogP contribution in [0.3, 0.4) is 0 Å². The fourth-order valence-electron chi connectivity index (χ4n) is 4.32. The van der Waals surface area contributed by atoms with Crippen molar-refractivity contribution >= 4 is 43.2 Å². The third kappa shape index (κ3) is 5.36. The molecule has 0 amide bonds. The minimum Gasteiger partial charge on any atom is -0.497 e. The second-order valence-corrected chi connectivity index (χ2v) is 9.31. The molecule has 9 heteroatoms. The molecule has 4 aromatic rings. The van der Waals surface area contributed by atoms with Gasteiger partial charge in [0.1, 0.15) is 11.5 Å².